The van der Waals surface area contributed by atoms with Gasteiger partial charge in [0.25, 0.3) is 0 Å². The minimum absolute atomic E-state index is 0.118. The summed E-state index contributed by atoms with van der Waals surface area (Å²) < 4.78 is 0. The third kappa shape index (κ3) is 5.02. The summed E-state index contributed by atoms with van der Waals surface area (Å²) in [6.07, 6.45) is 3.53. The smallest absolute Gasteiger partial charge is 0.234 e. The summed E-state index contributed by atoms with van der Waals surface area (Å²) in [4.78, 5) is 21.9. The zero-order valence-electron chi connectivity index (χ0n) is 15.9. The first-order valence-corrected chi connectivity index (χ1v) is 11.2. The molecule has 9 heteroatoms. The van der Waals surface area contributed by atoms with Gasteiger partial charge in [-0.15, -0.1) is 21.5 Å². The number of anilines is 1. The van der Waals surface area contributed by atoms with Gasteiger partial charge in [0, 0.05) is 28.7 Å². The Morgan fingerprint density at radius 3 is 2.67 bits per heavy atom. The number of hydrogen-bond donors (Lipinski definition) is 1. The number of pyridine rings is 1. The highest BCUT2D eigenvalue weighted by Crippen LogP contribution is 2.34. The minimum Gasteiger partial charge on any atom is -0.325 e. The Labute approximate surface area is 186 Å². The number of nitrogens with one attached hydrogen (secondary N) is 1. The Morgan fingerprint density at radius 1 is 1.13 bits per heavy atom. The van der Waals surface area contributed by atoms with E-state index in [1.165, 1.54) is 11.8 Å². The molecule has 3 heterocycles. The van der Waals surface area contributed by atoms with Gasteiger partial charge in [0.05, 0.1) is 16.3 Å². The largest absolute Gasteiger partial charge is 0.325 e. The average Bonchev–Trinajstić information content (AvgIpc) is 3.16. The van der Waals surface area contributed by atoms with Gasteiger partial charge < -0.3 is 5.32 Å². The highest BCUT2D eigenvalue weighted by molar-refractivity contribution is 7.99. The molecule has 30 heavy (non-hydrogen) atoms. The second-order valence-electron chi connectivity index (χ2n) is 6.28. The van der Waals surface area contributed by atoms with Crippen molar-refractivity contribution in [2.45, 2.75) is 11.9 Å². The van der Waals surface area contributed by atoms with Gasteiger partial charge in [0.15, 0.2) is 0 Å². The topological polar surface area (TPSA) is 80.7 Å². The first-order valence-electron chi connectivity index (χ1n) is 8.98. The van der Waals surface area contributed by atoms with Crippen molar-refractivity contribution in [1.29, 1.82) is 0 Å². The van der Waals surface area contributed by atoms with Crippen LogP contribution in [-0.4, -0.2) is 31.8 Å². The van der Waals surface area contributed by atoms with Crippen LogP contribution in [0.4, 0.5) is 5.69 Å². The Kier molecular flexibility index (Phi) is 6.37. The van der Waals surface area contributed by atoms with E-state index in [2.05, 4.69) is 25.5 Å². The third-order valence-electron chi connectivity index (χ3n) is 4.06. The molecule has 0 aliphatic heterocycles. The lowest BCUT2D eigenvalue weighted by Gasteiger charge is -2.05. The fraction of sp³-hybridized carbons (Fsp3) is 0.0952. The van der Waals surface area contributed by atoms with Crippen LogP contribution in [0.5, 0.6) is 0 Å². The number of carbonyl (C=O) groups excluding carboxylic acids is 1. The van der Waals surface area contributed by atoms with Crippen LogP contribution in [0, 0.1) is 6.92 Å². The van der Waals surface area contributed by atoms with E-state index >= 15 is 0 Å². The molecule has 4 aromatic rings. The monoisotopic (exact) mass is 453 g/mol. The number of carbonyl (C=O) groups is 1. The second kappa shape index (κ2) is 9.34. The lowest BCUT2D eigenvalue weighted by molar-refractivity contribution is -0.113. The number of halogens is 1. The molecule has 0 aliphatic carbocycles. The molecule has 4 rings (SSSR count). The molecule has 0 atom stereocenters. The van der Waals surface area contributed by atoms with Gasteiger partial charge >= 0.3 is 0 Å². The SMILES string of the molecule is Cc1nc(-c2cccnc2)sc1-c1ccc(SCC(=O)Nc2ccc(Cl)cc2)nn1. The number of rotatable bonds is 6. The zero-order chi connectivity index (χ0) is 20.9. The fourth-order valence-electron chi connectivity index (χ4n) is 2.63. The molecule has 0 bridgehead atoms. The molecule has 150 valence electrons. The summed E-state index contributed by atoms with van der Waals surface area (Å²) in [5.74, 6) is 0.120. The molecule has 6 nitrogen and oxygen atoms in total. The Morgan fingerprint density at radius 2 is 1.97 bits per heavy atom. The molecule has 0 radical (unpaired) electrons. The number of nitrogens with zero attached hydrogens (tertiary/aromatic N) is 4. The molecule has 0 fully saturated rings. The normalized spacial score (nSPS) is 10.7. The van der Waals surface area contributed by atoms with Crippen LogP contribution >= 0.6 is 34.7 Å². The van der Waals surface area contributed by atoms with Gasteiger partial charge in [-0.25, -0.2) is 4.98 Å². The van der Waals surface area contributed by atoms with E-state index in [9.17, 15) is 4.79 Å². The van der Waals surface area contributed by atoms with E-state index in [4.69, 9.17) is 11.6 Å². The van der Waals surface area contributed by atoms with Crippen LogP contribution in [-0.2, 0) is 4.79 Å². The molecule has 0 saturated carbocycles. The van der Waals surface area contributed by atoms with E-state index in [1.807, 2.05) is 31.2 Å². The maximum atomic E-state index is 12.1. The second-order valence-corrected chi connectivity index (χ2v) is 8.71. The van der Waals surface area contributed by atoms with Crippen LogP contribution in [0.2, 0.25) is 5.02 Å². The van der Waals surface area contributed by atoms with E-state index < -0.39 is 0 Å². The van der Waals surface area contributed by atoms with Crippen molar-refractivity contribution in [3.8, 4) is 21.1 Å². The van der Waals surface area contributed by atoms with Gasteiger partial charge in [-0.3, -0.25) is 9.78 Å². The highest BCUT2D eigenvalue weighted by Gasteiger charge is 2.13. The van der Waals surface area contributed by atoms with Crippen LogP contribution in [0.15, 0.2) is 66.0 Å². The summed E-state index contributed by atoms with van der Waals surface area (Å²) >= 11 is 8.74. The van der Waals surface area contributed by atoms with Crippen molar-refractivity contribution in [2.24, 2.45) is 0 Å². The number of aryl methyl sites for hydroxylation is 1. The first-order chi connectivity index (χ1) is 14.6. The number of thioether (sulfide) groups is 1. The summed E-state index contributed by atoms with van der Waals surface area (Å²) in [7, 11) is 0. The van der Waals surface area contributed by atoms with Crippen molar-refractivity contribution in [3.63, 3.8) is 0 Å². The van der Waals surface area contributed by atoms with Crippen LogP contribution in [0.25, 0.3) is 21.1 Å². The fourth-order valence-corrected chi connectivity index (χ4v) is 4.40. The maximum absolute atomic E-state index is 12.1. The standard InChI is InChI=1S/C21H16ClN5OS2/c1-13-20(30-21(24-13)14-3-2-10-23-11-14)17-8-9-19(27-26-17)29-12-18(28)25-16-6-4-15(22)5-7-16/h2-11H,12H2,1H3,(H,25,28). The van der Waals surface area contributed by atoms with Crippen molar-refractivity contribution in [3.05, 3.63) is 71.6 Å². The molecule has 0 aliphatic rings. The summed E-state index contributed by atoms with van der Waals surface area (Å²) in [6.45, 7) is 1.96. The Hall–Kier alpha value is -2.81. The first kappa shape index (κ1) is 20.5. The zero-order valence-corrected chi connectivity index (χ0v) is 18.3. The van der Waals surface area contributed by atoms with Crippen molar-refractivity contribution in [2.75, 3.05) is 11.1 Å². The summed E-state index contributed by atoms with van der Waals surface area (Å²) in [6, 6.07) is 14.6. The van der Waals surface area contributed by atoms with Crippen molar-refractivity contribution >= 4 is 46.3 Å². The lowest BCUT2D eigenvalue weighted by atomic mass is 10.3. The number of benzene rings is 1. The number of thiazole rings is 1. The van der Waals surface area contributed by atoms with Gasteiger partial charge in [0.2, 0.25) is 5.91 Å². The molecule has 3 aromatic heterocycles. The quantitative estimate of drug-likeness (QED) is 0.396. The van der Waals surface area contributed by atoms with Gasteiger partial charge in [-0.1, -0.05) is 23.4 Å². The van der Waals surface area contributed by atoms with Crippen molar-refractivity contribution < 1.29 is 4.79 Å². The van der Waals surface area contributed by atoms with Crippen LogP contribution < -0.4 is 5.32 Å². The van der Waals surface area contributed by atoms with Crippen molar-refractivity contribution in [1.82, 2.24) is 20.2 Å². The lowest BCUT2D eigenvalue weighted by Crippen LogP contribution is -2.14. The Bertz CT molecular complexity index is 1150. The van der Waals surface area contributed by atoms with Crippen LogP contribution in [0.3, 0.4) is 0 Å². The van der Waals surface area contributed by atoms with Gasteiger partial charge in [0.1, 0.15) is 15.7 Å². The summed E-state index contributed by atoms with van der Waals surface area (Å²) in [5.41, 5.74) is 3.34. The number of hydrogen-bond acceptors (Lipinski definition) is 7. The van der Waals surface area contributed by atoms with E-state index in [0.717, 1.165) is 26.8 Å². The van der Waals surface area contributed by atoms with E-state index in [1.54, 1.807) is 48.0 Å². The van der Waals surface area contributed by atoms with E-state index in [0.29, 0.717) is 15.7 Å². The van der Waals surface area contributed by atoms with Crippen LogP contribution in [0.1, 0.15) is 5.69 Å². The highest BCUT2D eigenvalue weighted by atomic mass is 35.5. The molecule has 1 amide bonds. The molecule has 1 N–H and O–H groups in total. The molecule has 0 spiro atoms. The van der Waals surface area contributed by atoms with E-state index in [-0.39, 0.29) is 11.7 Å². The number of amides is 1. The average molecular weight is 454 g/mol. The Balaban J connectivity index is 1.39. The molecule has 0 unspecified atom stereocenters. The molecule has 0 saturated heterocycles. The third-order valence-corrected chi connectivity index (χ3v) is 6.46. The summed E-state index contributed by atoms with van der Waals surface area (Å²) in [5, 5.41) is 13.6. The number of aromatic nitrogens is 4. The minimum atomic E-state index is -0.118. The van der Waals surface area contributed by atoms with Gasteiger partial charge in [-0.2, -0.15) is 0 Å². The molecular weight excluding hydrogens is 438 g/mol. The van der Waals surface area contributed by atoms with Gasteiger partial charge in [-0.05, 0) is 55.5 Å². The predicted octanol–water partition coefficient (Wildman–Crippen LogP) is 5.35. The maximum Gasteiger partial charge on any atom is 0.234 e. The molecule has 1 aromatic carbocycles. The predicted molar refractivity (Wildman–Crippen MR) is 122 cm³/mol. The molecular formula is C21H16ClN5OS2.